The summed E-state index contributed by atoms with van der Waals surface area (Å²) in [7, 11) is 3.63. The Morgan fingerprint density at radius 1 is 1.20 bits per heavy atom. The molecule has 2 aromatic rings. The van der Waals surface area contributed by atoms with Crippen LogP contribution in [-0.4, -0.2) is 14.2 Å². The van der Waals surface area contributed by atoms with Crippen LogP contribution < -0.4 is 10.1 Å². The Labute approximate surface area is 133 Å². The van der Waals surface area contributed by atoms with Crippen LogP contribution in [0.4, 0.5) is 0 Å². The molecule has 2 rings (SSSR count). The van der Waals surface area contributed by atoms with Crippen molar-refractivity contribution < 1.29 is 4.74 Å². The number of nitrogens with one attached hydrogen (secondary N) is 1. The highest BCUT2D eigenvalue weighted by atomic mass is 79.9. The molecule has 0 spiro atoms. The van der Waals surface area contributed by atoms with Crippen molar-refractivity contribution in [2.45, 2.75) is 13.0 Å². The van der Waals surface area contributed by atoms with Crippen LogP contribution in [0.25, 0.3) is 0 Å². The Hall–Kier alpha value is -1.03. The molecule has 20 heavy (non-hydrogen) atoms. The van der Waals surface area contributed by atoms with Gasteiger partial charge in [-0.3, -0.25) is 0 Å². The van der Waals surface area contributed by atoms with Gasteiger partial charge in [0.1, 0.15) is 5.75 Å². The van der Waals surface area contributed by atoms with E-state index in [1.807, 2.05) is 44.3 Å². The van der Waals surface area contributed by atoms with Crippen molar-refractivity contribution in [1.29, 1.82) is 0 Å². The first-order valence-corrected chi connectivity index (χ1v) is 7.50. The Kier molecular flexibility index (Phi) is 5.08. The number of ether oxygens (including phenoxy) is 1. The maximum absolute atomic E-state index is 5.96. The molecule has 0 amide bonds. The zero-order valence-electron chi connectivity index (χ0n) is 11.7. The predicted octanol–water partition coefficient (Wildman–Crippen LogP) is 4.73. The Balaban J connectivity index is 2.51. The van der Waals surface area contributed by atoms with E-state index in [0.29, 0.717) is 0 Å². The summed E-state index contributed by atoms with van der Waals surface area (Å²) in [6.07, 6.45) is 0. The third kappa shape index (κ3) is 3.17. The first kappa shape index (κ1) is 15.4. The molecule has 0 bridgehead atoms. The first-order chi connectivity index (χ1) is 9.56. The lowest BCUT2D eigenvalue weighted by Crippen LogP contribution is -2.18. The number of rotatable bonds is 4. The van der Waals surface area contributed by atoms with E-state index in [1.165, 1.54) is 0 Å². The molecule has 106 valence electrons. The van der Waals surface area contributed by atoms with E-state index in [1.54, 1.807) is 7.11 Å². The van der Waals surface area contributed by atoms with Gasteiger partial charge in [0.15, 0.2) is 0 Å². The standard InChI is InChI=1S/C16H17BrClNO/c1-10-8-15(20-3)13(9-14(10)17)16(19-2)11-4-6-12(18)7-5-11/h4-9,16,19H,1-3H3. The smallest absolute Gasteiger partial charge is 0.124 e. The molecule has 0 aliphatic rings. The quantitative estimate of drug-likeness (QED) is 0.857. The number of hydrogen-bond donors (Lipinski definition) is 1. The minimum Gasteiger partial charge on any atom is -0.496 e. The van der Waals surface area contributed by atoms with E-state index < -0.39 is 0 Å². The van der Waals surface area contributed by atoms with Crippen LogP contribution in [0.5, 0.6) is 5.75 Å². The summed E-state index contributed by atoms with van der Waals surface area (Å²) in [6.45, 7) is 2.05. The normalized spacial score (nSPS) is 12.2. The average molecular weight is 355 g/mol. The summed E-state index contributed by atoms with van der Waals surface area (Å²) >= 11 is 9.54. The fourth-order valence-electron chi connectivity index (χ4n) is 2.23. The molecule has 1 atom stereocenters. The van der Waals surface area contributed by atoms with Crippen LogP contribution in [0.3, 0.4) is 0 Å². The molecule has 4 heteroatoms. The molecule has 1 N–H and O–H groups in total. The highest BCUT2D eigenvalue weighted by Gasteiger charge is 2.18. The van der Waals surface area contributed by atoms with Crippen LogP contribution in [0.2, 0.25) is 5.02 Å². The van der Waals surface area contributed by atoms with Crippen LogP contribution in [-0.2, 0) is 0 Å². The molecule has 2 aromatic carbocycles. The number of halogens is 2. The SMILES string of the molecule is CNC(c1ccc(Cl)cc1)c1cc(Br)c(C)cc1OC. The van der Waals surface area contributed by atoms with Crippen molar-refractivity contribution >= 4 is 27.5 Å². The minimum atomic E-state index is 0.0547. The molecule has 1 unspecified atom stereocenters. The second-order valence-corrected chi connectivity index (χ2v) is 5.91. The van der Waals surface area contributed by atoms with Gasteiger partial charge in [0, 0.05) is 15.1 Å². The molecule has 0 aliphatic carbocycles. The fraction of sp³-hybridized carbons (Fsp3) is 0.250. The number of aryl methyl sites for hydroxylation is 1. The largest absolute Gasteiger partial charge is 0.496 e. The molecule has 0 radical (unpaired) electrons. The molecule has 0 saturated heterocycles. The van der Waals surface area contributed by atoms with Crippen molar-refractivity contribution in [3.8, 4) is 5.75 Å². The van der Waals surface area contributed by atoms with Gasteiger partial charge >= 0.3 is 0 Å². The van der Waals surface area contributed by atoms with E-state index in [2.05, 4.69) is 27.3 Å². The predicted molar refractivity (Wildman–Crippen MR) is 87.8 cm³/mol. The summed E-state index contributed by atoms with van der Waals surface area (Å²) in [5, 5.41) is 4.07. The highest BCUT2D eigenvalue weighted by Crippen LogP contribution is 2.34. The zero-order chi connectivity index (χ0) is 14.7. The van der Waals surface area contributed by atoms with Crippen LogP contribution in [0, 0.1) is 6.92 Å². The summed E-state index contributed by atoms with van der Waals surface area (Å²) < 4.78 is 6.59. The minimum absolute atomic E-state index is 0.0547. The molecular formula is C16H17BrClNO. The number of methoxy groups -OCH3 is 1. The number of hydrogen-bond acceptors (Lipinski definition) is 2. The van der Waals surface area contributed by atoms with Gasteiger partial charge in [0.2, 0.25) is 0 Å². The molecule has 0 aliphatic heterocycles. The van der Waals surface area contributed by atoms with Gasteiger partial charge in [0.25, 0.3) is 0 Å². The van der Waals surface area contributed by atoms with Gasteiger partial charge in [-0.05, 0) is 49.4 Å². The molecule has 0 aromatic heterocycles. The van der Waals surface area contributed by atoms with Crippen molar-refractivity contribution in [3.63, 3.8) is 0 Å². The van der Waals surface area contributed by atoms with E-state index in [9.17, 15) is 0 Å². The van der Waals surface area contributed by atoms with Crippen LogP contribution >= 0.6 is 27.5 Å². The Morgan fingerprint density at radius 3 is 2.40 bits per heavy atom. The molecular weight excluding hydrogens is 338 g/mol. The zero-order valence-corrected chi connectivity index (χ0v) is 14.0. The monoisotopic (exact) mass is 353 g/mol. The lowest BCUT2D eigenvalue weighted by Gasteiger charge is -2.21. The van der Waals surface area contributed by atoms with Crippen LogP contribution in [0.15, 0.2) is 40.9 Å². The lowest BCUT2D eigenvalue weighted by molar-refractivity contribution is 0.405. The maximum atomic E-state index is 5.96. The summed E-state index contributed by atoms with van der Waals surface area (Å²) in [5.41, 5.74) is 3.39. The highest BCUT2D eigenvalue weighted by molar-refractivity contribution is 9.10. The summed E-state index contributed by atoms with van der Waals surface area (Å²) in [4.78, 5) is 0. The third-order valence-corrected chi connectivity index (χ3v) is 4.42. The topological polar surface area (TPSA) is 21.3 Å². The Bertz CT molecular complexity index is 598. The summed E-state index contributed by atoms with van der Waals surface area (Å²) in [5.74, 6) is 0.875. The average Bonchev–Trinajstić information content (AvgIpc) is 2.45. The maximum Gasteiger partial charge on any atom is 0.124 e. The van der Waals surface area contributed by atoms with E-state index in [0.717, 1.165) is 31.9 Å². The van der Waals surface area contributed by atoms with Gasteiger partial charge in [-0.25, -0.2) is 0 Å². The molecule has 0 heterocycles. The number of benzene rings is 2. The lowest BCUT2D eigenvalue weighted by atomic mass is 9.97. The second kappa shape index (κ2) is 6.61. The second-order valence-electron chi connectivity index (χ2n) is 4.62. The van der Waals surface area contributed by atoms with Crippen molar-refractivity contribution in [1.82, 2.24) is 5.32 Å². The fourth-order valence-corrected chi connectivity index (χ4v) is 2.72. The first-order valence-electron chi connectivity index (χ1n) is 6.33. The van der Waals surface area contributed by atoms with Crippen LogP contribution in [0.1, 0.15) is 22.7 Å². The molecule has 0 saturated carbocycles. The van der Waals surface area contributed by atoms with E-state index in [-0.39, 0.29) is 6.04 Å². The van der Waals surface area contributed by atoms with E-state index >= 15 is 0 Å². The third-order valence-electron chi connectivity index (χ3n) is 3.31. The van der Waals surface area contributed by atoms with Gasteiger partial charge in [-0.1, -0.05) is 39.7 Å². The summed E-state index contributed by atoms with van der Waals surface area (Å²) in [6, 6.07) is 12.0. The van der Waals surface area contributed by atoms with Crippen molar-refractivity contribution in [2.24, 2.45) is 0 Å². The molecule has 0 fully saturated rings. The van der Waals surface area contributed by atoms with E-state index in [4.69, 9.17) is 16.3 Å². The van der Waals surface area contributed by atoms with Crippen molar-refractivity contribution in [2.75, 3.05) is 14.2 Å². The van der Waals surface area contributed by atoms with Crippen molar-refractivity contribution in [3.05, 3.63) is 62.6 Å². The van der Waals surface area contributed by atoms with Gasteiger partial charge in [0.05, 0.1) is 13.2 Å². The Morgan fingerprint density at radius 2 is 1.85 bits per heavy atom. The molecule has 2 nitrogen and oxygen atoms in total. The van der Waals surface area contributed by atoms with Gasteiger partial charge in [-0.15, -0.1) is 0 Å². The van der Waals surface area contributed by atoms with Gasteiger partial charge in [-0.2, -0.15) is 0 Å². The van der Waals surface area contributed by atoms with Gasteiger partial charge < -0.3 is 10.1 Å².